The van der Waals surface area contributed by atoms with E-state index in [9.17, 15) is 13.2 Å². The lowest BCUT2D eigenvalue weighted by Crippen LogP contribution is -2.17. The Morgan fingerprint density at radius 3 is 2.55 bits per heavy atom. The number of aryl methyl sites for hydroxylation is 1. The van der Waals surface area contributed by atoms with Crippen LogP contribution in [0.3, 0.4) is 0 Å². The zero-order valence-corrected chi connectivity index (χ0v) is 16.4. The molecule has 1 amide bonds. The lowest BCUT2D eigenvalue weighted by atomic mass is 10.2. The van der Waals surface area contributed by atoms with E-state index in [-0.39, 0.29) is 22.3 Å². The van der Waals surface area contributed by atoms with Crippen LogP contribution in [-0.2, 0) is 14.6 Å². The Morgan fingerprint density at radius 2 is 1.95 bits per heavy atom. The van der Waals surface area contributed by atoms with Gasteiger partial charge in [-0.2, -0.15) is 0 Å². The summed E-state index contributed by atoms with van der Waals surface area (Å²) in [5, 5.41) is 2.74. The van der Waals surface area contributed by atoms with Crippen LogP contribution in [0.2, 0.25) is 0 Å². The predicted octanol–water partition coefficient (Wildman–Crippen LogP) is 4.38. The number of rotatable bonds is 5. The first-order valence-corrected chi connectivity index (χ1v) is 10.4. The molecule has 118 valence electrons. The van der Waals surface area contributed by atoms with Crippen LogP contribution in [0.4, 0.5) is 5.69 Å². The van der Waals surface area contributed by atoms with Crippen molar-refractivity contribution in [2.75, 3.05) is 11.1 Å². The van der Waals surface area contributed by atoms with E-state index in [0.717, 1.165) is 25.2 Å². The average molecular weight is 467 g/mol. The number of carbonyl (C=O) groups excluding carboxylic acids is 1. The molecule has 4 nitrogen and oxygen atoms in total. The zero-order valence-electron chi connectivity index (χ0n) is 11.6. The fourth-order valence-electron chi connectivity index (χ4n) is 1.77. The minimum atomic E-state index is -3.42. The van der Waals surface area contributed by atoms with Crippen molar-refractivity contribution in [3.63, 3.8) is 0 Å². The maximum absolute atomic E-state index is 12.1. The van der Waals surface area contributed by atoms with Crippen LogP contribution in [0, 0.1) is 6.92 Å². The van der Waals surface area contributed by atoms with Crippen molar-refractivity contribution in [2.45, 2.75) is 17.6 Å². The number of hydrogen-bond donors (Lipinski definition) is 1. The molecule has 22 heavy (non-hydrogen) atoms. The number of anilines is 1. The first kappa shape index (κ1) is 17.7. The van der Waals surface area contributed by atoms with Crippen LogP contribution in [-0.4, -0.2) is 20.1 Å². The van der Waals surface area contributed by atoms with Crippen LogP contribution in [0.1, 0.15) is 12.0 Å². The Bertz CT molecular complexity index is 800. The summed E-state index contributed by atoms with van der Waals surface area (Å²) in [6.07, 6.45) is -0.0760. The maximum Gasteiger partial charge on any atom is 0.225 e. The third-order valence-electron chi connectivity index (χ3n) is 2.92. The number of benzene rings is 1. The molecular weight excluding hydrogens is 454 g/mol. The van der Waals surface area contributed by atoms with Gasteiger partial charge in [-0.25, -0.2) is 8.42 Å². The van der Waals surface area contributed by atoms with E-state index >= 15 is 0 Å². The van der Waals surface area contributed by atoms with Crippen molar-refractivity contribution in [2.24, 2.45) is 0 Å². The Labute approximate surface area is 150 Å². The van der Waals surface area contributed by atoms with Crippen molar-refractivity contribution in [3.05, 3.63) is 44.2 Å². The molecule has 0 aliphatic carbocycles. The fourth-order valence-corrected chi connectivity index (χ4v) is 5.65. The van der Waals surface area contributed by atoms with Gasteiger partial charge in [-0.05, 0) is 58.7 Å². The fraction of sp³-hybridized carbons (Fsp3) is 0.214. The molecule has 0 atom stereocenters. The highest BCUT2D eigenvalue weighted by Crippen LogP contribution is 2.27. The highest BCUT2D eigenvalue weighted by molar-refractivity contribution is 9.11. The van der Waals surface area contributed by atoms with Gasteiger partial charge in [0.15, 0.2) is 9.84 Å². The molecular formula is C14H13Br2NO3S2. The molecule has 0 saturated heterocycles. The summed E-state index contributed by atoms with van der Waals surface area (Å²) in [5.74, 6) is -0.522. The van der Waals surface area contributed by atoms with Crippen molar-refractivity contribution in [1.82, 2.24) is 0 Å². The van der Waals surface area contributed by atoms with Crippen LogP contribution in [0.15, 0.2) is 42.8 Å². The predicted molar refractivity (Wildman–Crippen MR) is 96.2 cm³/mol. The number of thiophene rings is 1. The van der Waals surface area contributed by atoms with Gasteiger partial charge in [-0.15, -0.1) is 11.3 Å². The molecule has 0 aliphatic heterocycles. The molecule has 8 heteroatoms. The van der Waals surface area contributed by atoms with Gasteiger partial charge in [-0.3, -0.25) is 4.79 Å². The molecule has 1 heterocycles. The number of hydrogen-bond acceptors (Lipinski definition) is 4. The molecule has 0 aliphatic rings. The van der Waals surface area contributed by atoms with Crippen LogP contribution < -0.4 is 5.32 Å². The van der Waals surface area contributed by atoms with Gasteiger partial charge >= 0.3 is 0 Å². The second kappa shape index (κ2) is 7.25. The van der Waals surface area contributed by atoms with Gasteiger partial charge in [0.25, 0.3) is 0 Å². The molecule has 2 rings (SSSR count). The Hall–Kier alpha value is -0.700. The molecule has 0 radical (unpaired) electrons. The minimum Gasteiger partial charge on any atom is -0.326 e. The smallest absolute Gasteiger partial charge is 0.225 e. The molecule has 0 unspecified atom stereocenters. The summed E-state index contributed by atoms with van der Waals surface area (Å²) < 4.78 is 26.2. The maximum atomic E-state index is 12.1. The average Bonchev–Trinajstić information content (AvgIpc) is 2.87. The minimum absolute atomic E-state index is 0.0760. The highest BCUT2D eigenvalue weighted by Gasteiger charge is 2.18. The number of halogens is 2. The number of sulfone groups is 1. The summed E-state index contributed by atoms with van der Waals surface area (Å²) >= 11 is 7.73. The van der Waals surface area contributed by atoms with Crippen LogP contribution >= 0.6 is 43.2 Å². The second-order valence-corrected chi connectivity index (χ2v) is 10.3. The summed E-state index contributed by atoms with van der Waals surface area (Å²) in [6, 6.07) is 8.71. The van der Waals surface area contributed by atoms with E-state index in [0.29, 0.717) is 5.69 Å². The van der Waals surface area contributed by atoms with Crippen molar-refractivity contribution >= 4 is 64.6 Å². The lowest BCUT2D eigenvalue weighted by molar-refractivity contribution is -0.115. The molecule has 0 saturated carbocycles. The van der Waals surface area contributed by atoms with Crippen LogP contribution in [0.25, 0.3) is 0 Å². The van der Waals surface area contributed by atoms with E-state index in [4.69, 9.17) is 0 Å². The molecule has 1 N–H and O–H groups in total. The Morgan fingerprint density at radius 1 is 1.23 bits per heavy atom. The molecule has 2 aromatic rings. The van der Waals surface area contributed by atoms with Crippen molar-refractivity contribution in [1.29, 1.82) is 0 Å². The molecule has 1 aromatic carbocycles. The van der Waals surface area contributed by atoms with Gasteiger partial charge in [-0.1, -0.05) is 15.9 Å². The SMILES string of the molecule is Cc1cc(Br)ccc1NC(=O)CCS(=O)(=O)c1ccc(Br)s1. The van der Waals surface area contributed by atoms with Crippen molar-refractivity contribution in [3.8, 4) is 0 Å². The lowest BCUT2D eigenvalue weighted by Gasteiger charge is -2.08. The normalized spacial score (nSPS) is 11.4. The van der Waals surface area contributed by atoms with Gasteiger partial charge in [0.05, 0.1) is 9.54 Å². The van der Waals surface area contributed by atoms with Gasteiger partial charge < -0.3 is 5.32 Å². The van der Waals surface area contributed by atoms with Crippen molar-refractivity contribution < 1.29 is 13.2 Å². The zero-order chi connectivity index (χ0) is 16.3. The highest BCUT2D eigenvalue weighted by atomic mass is 79.9. The largest absolute Gasteiger partial charge is 0.326 e. The monoisotopic (exact) mass is 465 g/mol. The molecule has 0 fully saturated rings. The molecule has 1 aromatic heterocycles. The third-order valence-corrected chi connectivity index (χ3v) is 7.33. The molecule has 0 spiro atoms. The Balaban J connectivity index is 1.98. The van der Waals surface area contributed by atoms with E-state index in [1.165, 1.54) is 0 Å². The molecule has 0 bridgehead atoms. The Kier molecular flexibility index (Phi) is 5.81. The summed E-state index contributed by atoms with van der Waals surface area (Å²) in [6.45, 7) is 1.88. The second-order valence-electron chi connectivity index (χ2n) is 4.63. The number of amides is 1. The quantitative estimate of drug-likeness (QED) is 0.710. The topological polar surface area (TPSA) is 63.2 Å². The summed E-state index contributed by atoms with van der Waals surface area (Å²) in [4.78, 5) is 11.9. The number of carbonyl (C=O) groups is 1. The first-order chi connectivity index (χ1) is 10.3. The van der Waals surface area contributed by atoms with E-state index in [2.05, 4.69) is 37.2 Å². The summed E-state index contributed by atoms with van der Waals surface area (Å²) in [7, 11) is -3.42. The van der Waals surface area contributed by atoms with Gasteiger partial charge in [0.2, 0.25) is 5.91 Å². The van der Waals surface area contributed by atoms with Gasteiger partial charge in [0, 0.05) is 16.6 Å². The third kappa shape index (κ3) is 4.65. The van der Waals surface area contributed by atoms with Crippen LogP contribution in [0.5, 0.6) is 0 Å². The van der Waals surface area contributed by atoms with Gasteiger partial charge in [0.1, 0.15) is 4.21 Å². The first-order valence-electron chi connectivity index (χ1n) is 6.32. The standard InChI is InChI=1S/C14H13Br2NO3S2/c1-9-8-10(15)2-3-11(9)17-13(18)6-7-22(19,20)14-5-4-12(16)21-14/h2-5,8H,6-7H2,1H3,(H,17,18). The van der Waals surface area contributed by atoms with E-state index in [1.807, 2.05) is 19.1 Å². The number of nitrogens with one attached hydrogen (secondary N) is 1. The van der Waals surface area contributed by atoms with E-state index < -0.39 is 9.84 Å². The summed E-state index contributed by atoms with van der Waals surface area (Å²) in [5.41, 5.74) is 1.59. The van der Waals surface area contributed by atoms with E-state index in [1.54, 1.807) is 18.2 Å².